The van der Waals surface area contributed by atoms with E-state index in [9.17, 15) is 23.4 Å². The van der Waals surface area contributed by atoms with Crippen molar-refractivity contribution in [2.75, 3.05) is 10.5 Å². The fourth-order valence-corrected chi connectivity index (χ4v) is 8.52. The standard InChI is InChI=1S/C39H33N3O7S2/c43-23-25-16-18-28(19-17-25)36-34(26-8-2-1-3-9-26)32(24-50-37-31(38(44)45)14-7-21-41-37)48-39(49-36)29-11-4-13-30(22-29)42-51(46,47)33-15-5-10-27-12-6-20-40-35(27)33/h1-22,32,34,36,39,42-43H,23-24H2,(H,44,45). The van der Waals surface area contributed by atoms with E-state index in [1.807, 2.05) is 60.7 Å². The van der Waals surface area contributed by atoms with Gasteiger partial charge in [0.1, 0.15) is 9.92 Å². The van der Waals surface area contributed by atoms with Crippen molar-refractivity contribution in [1.82, 2.24) is 9.97 Å². The quantitative estimate of drug-likeness (QED) is 0.116. The molecular formula is C39H33N3O7S2. The first kappa shape index (κ1) is 34.3. The molecular weight excluding hydrogens is 687 g/mol. The van der Waals surface area contributed by atoms with Crippen LogP contribution in [0.3, 0.4) is 0 Å². The Morgan fingerprint density at radius 3 is 2.29 bits per heavy atom. The fraction of sp³-hybridized carbons (Fsp3) is 0.154. The second kappa shape index (κ2) is 15.0. The van der Waals surface area contributed by atoms with Crippen LogP contribution in [0.5, 0.6) is 0 Å². The predicted molar refractivity (Wildman–Crippen MR) is 194 cm³/mol. The van der Waals surface area contributed by atoms with Crippen LogP contribution in [-0.2, 0) is 26.1 Å². The number of nitrogens with zero attached hydrogens (tertiary/aromatic N) is 2. The molecule has 0 radical (unpaired) electrons. The SMILES string of the molecule is O=C(O)c1cccnc1SCC1OC(c2cccc(NS(=O)(=O)c3cccc4cccnc34)c2)OC(c2ccc(CO)cc2)C1c1ccccc1. The number of aliphatic hydroxyl groups excluding tert-OH is 1. The van der Waals surface area contributed by atoms with Crippen LogP contribution in [0.15, 0.2) is 144 Å². The summed E-state index contributed by atoms with van der Waals surface area (Å²) in [5, 5.41) is 20.6. The zero-order valence-corrected chi connectivity index (χ0v) is 28.7. The van der Waals surface area contributed by atoms with Crippen molar-refractivity contribution in [3.8, 4) is 0 Å². The maximum absolute atomic E-state index is 13.7. The van der Waals surface area contributed by atoms with Gasteiger partial charge in [0, 0.05) is 40.7 Å². The van der Waals surface area contributed by atoms with E-state index in [0.29, 0.717) is 32.9 Å². The lowest BCUT2D eigenvalue weighted by Crippen LogP contribution is -2.38. The highest BCUT2D eigenvalue weighted by molar-refractivity contribution is 7.99. The number of hydrogen-bond donors (Lipinski definition) is 3. The minimum atomic E-state index is -4.03. The number of anilines is 1. The lowest BCUT2D eigenvalue weighted by Gasteiger charge is -2.43. The Bertz CT molecular complexity index is 2270. The van der Waals surface area contributed by atoms with Crippen LogP contribution in [0.2, 0.25) is 0 Å². The molecule has 1 aliphatic rings. The molecule has 10 nitrogen and oxygen atoms in total. The largest absolute Gasteiger partial charge is 0.478 e. The van der Waals surface area contributed by atoms with Gasteiger partial charge in [-0.3, -0.25) is 9.71 Å². The van der Waals surface area contributed by atoms with Gasteiger partial charge in [-0.2, -0.15) is 0 Å². The highest BCUT2D eigenvalue weighted by Gasteiger charge is 2.42. The Morgan fingerprint density at radius 2 is 1.51 bits per heavy atom. The lowest BCUT2D eigenvalue weighted by molar-refractivity contribution is -0.255. The molecule has 3 N–H and O–H groups in total. The summed E-state index contributed by atoms with van der Waals surface area (Å²) < 4.78 is 43.5. The number of sulfonamides is 1. The van der Waals surface area contributed by atoms with Crippen molar-refractivity contribution in [1.29, 1.82) is 0 Å². The Kier molecular flexibility index (Phi) is 10.1. The number of carbonyl (C=O) groups is 1. The molecule has 4 aromatic carbocycles. The number of thioether (sulfide) groups is 1. The van der Waals surface area contributed by atoms with Crippen molar-refractivity contribution in [2.45, 2.75) is 40.9 Å². The Morgan fingerprint density at radius 1 is 0.784 bits per heavy atom. The van der Waals surface area contributed by atoms with Gasteiger partial charge in [-0.05, 0) is 53.1 Å². The van der Waals surface area contributed by atoms with E-state index in [4.69, 9.17) is 9.47 Å². The number of aromatic nitrogens is 2. The van der Waals surface area contributed by atoms with Crippen molar-refractivity contribution < 1.29 is 32.9 Å². The maximum atomic E-state index is 13.7. The first-order valence-electron chi connectivity index (χ1n) is 16.1. The lowest BCUT2D eigenvalue weighted by atomic mass is 9.84. The number of nitrogens with one attached hydrogen (secondary N) is 1. The number of pyridine rings is 2. The van der Waals surface area contributed by atoms with Gasteiger partial charge >= 0.3 is 5.97 Å². The second-order valence-corrected chi connectivity index (χ2v) is 14.6. The van der Waals surface area contributed by atoms with Crippen molar-refractivity contribution in [2.24, 2.45) is 0 Å². The van der Waals surface area contributed by atoms with Crippen molar-refractivity contribution in [3.63, 3.8) is 0 Å². The van der Waals surface area contributed by atoms with Crippen LogP contribution < -0.4 is 4.72 Å². The molecule has 4 atom stereocenters. The number of aliphatic hydroxyl groups is 1. The summed E-state index contributed by atoms with van der Waals surface area (Å²) in [6.07, 6.45) is 1.15. The zero-order chi connectivity index (χ0) is 35.4. The third-order valence-electron chi connectivity index (χ3n) is 8.65. The summed E-state index contributed by atoms with van der Waals surface area (Å²) in [6.45, 7) is -0.105. The van der Waals surface area contributed by atoms with E-state index in [-0.39, 0.29) is 23.0 Å². The van der Waals surface area contributed by atoms with Gasteiger partial charge in [-0.15, -0.1) is 11.8 Å². The fourth-order valence-electron chi connectivity index (χ4n) is 6.23. The molecule has 0 saturated carbocycles. The third-order valence-corrected chi connectivity index (χ3v) is 11.2. The Hall–Kier alpha value is -5.11. The molecule has 1 saturated heterocycles. The molecule has 2 aromatic heterocycles. The highest BCUT2D eigenvalue weighted by Crippen LogP contribution is 2.48. The molecule has 0 spiro atoms. The minimum absolute atomic E-state index is 0.0561. The van der Waals surface area contributed by atoms with Crippen molar-refractivity contribution >= 4 is 44.3 Å². The normalized spacial score (nSPS) is 19.1. The number of aromatic carboxylic acids is 1. The summed E-state index contributed by atoms with van der Waals surface area (Å²) in [4.78, 5) is 20.7. The number of ether oxygens (including phenoxy) is 2. The molecule has 0 aliphatic carbocycles. The molecule has 0 bridgehead atoms. The maximum Gasteiger partial charge on any atom is 0.338 e. The number of hydrogen-bond acceptors (Lipinski definition) is 9. The average molecular weight is 720 g/mol. The van der Waals surface area contributed by atoms with E-state index in [1.54, 1.807) is 60.9 Å². The van der Waals surface area contributed by atoms with E-state index in [0.717, 1.165) is 16.7 Å². The van der Waals surface area contributed by atoms with E-state index < -0.39 is 34.5 Å². The van der Waals surface area contributed by atoms with Gasteiger partial charge in [0.2, 0.25) is 0 Å². The summed E-state index contributed by atoms with van der Waals surface area (Å²) in [7, 11) is -4.03. The van der Waals surface area contributed by atoms with E-state index in [1.165, 1.54) is 23.9 Å². The van der Waals surface area contributed by atoms with Gasteiger partial charge in [0.05, 0.1) is 29.9 Å². The molecule has 3 heterocycles. The van der Waals surface area contributed by atoms with Gasteiger partial charge in [0.25, 0.3) is 10.0 Å². The van der Waals surface area contributed by atoms with Crippen LogP contribution in [0, 0.1) is 0 Å². The summed E-state index contributed by atoms with van der Waals surface area (Å²) in [6, 6.07) is 35.9. The van der Waals surface area contributed by atoms with Gasteiger partial charge in [-0.1, -0.05) is 84.9 Å². The summed E-state index contributed by atoms with van der Waals surface area (Å²) in [5.74, 6) is -1.06. The third kappa shape index (κ3) is 7.51. The van der Waals surface area contributed by atoms with Crippen LogP contribution in [0.4, 0.5) is 5.69 Å². The van der Waals surface area contributed by atoms with Gasteiger partial charge < -0.3 is 19.7 Å². The number of carboxylic acids is 1. The number of fused-ring (bicyclic) bond motifs is 1. The van der Waals surface area contributed by atoms with Crippen LogP contribution in [0.25, 0.3) is 10.9 Å². The smallest absolute Gasteiger partial charge is 0.338 e. The van der Waals surface area contributed by atoms with Crippen molar-refractivity contribution in [3.05, 3.63) is 162 Å². The molecule has 6 aromatic rings. The van der Waals surface area contributed by atoms with Gasteiger partial charge in [-0.25, -0.2) is 18.2 Å². The van der Waals surface area contributed by atoms with Crippen LogP contribution in [0.1, 0.15) is 50.9 Å². The number of para-hydroxylation sites is 1. The summed E-state index contributed by atoms with van der Waals surface area (Å²) >= 11 is 1.29. The topological polar surface area (TPSA) is 148 Å². The molecule has 4 unspecified atom stereocenters. The molecule has 1 fully saturated rings. The summed E-state index contributed by atoms with van der Waals surface area (Å²) in [5.41, 5.74) is 3.92. The predicted octanol–water partition coefficient (Wildman–Crippen LogP) is 7.35. The monoisotopic (exact) mass is 719 g/mol. The Labute approximate surface area is 299 Å². The first-order chi connectivity index (χ1) is 24.8. The first-order valence-corrected chi connectivity index (χ1v) is 18.6. The zero-order valence-electron chi connectivity index (χ0n) is 27.1. The molecule has 12 heteroatoms. The highest BCUT2D eigenvalue weighted by atomic mass is 32.2. The second-order valence-electron chi connectivity index (χ2n) is 11.9. The minimum Gasteiger partial charge on any atom is -0.478 e. The number of benzene rings is 4. The van der Waals surface area contributed by atoms with Gasteiger partial charge in [0.15, 0.2) is 6.29 Å². The number of carboxylic acid groups (broad SMARTS) is 1. The van der Waals surface area contributed by atoms with E-state index >= 15 is 0 Å². The van der Waals surface area contributed by atoms with Crippen LogP contribution in [-0.4, -0.2) is 46.4 Å². The molecule has 258 valence electrons. The average Bonchev–Trinajstić information content (AvgIpc) is 3.17. The molecule has 0 amide bonds. The van der Waals surface area contributed by atoms with E-state index in [2.05, 4.69) is 14.7 Å². The molecule has 1 aliphatic heterocycles. The van der Waals surface area contributed by atoms with Crippen LogP contribution >= 0.6 is 11.8 Å². The molecule has 51 heavy (non-hydrogen) atoms. The molecule has 7 rings (SSSR count). The number of rotatable bonds is 11. The Balaban J connectivity index is 1.25.